The van der Waals surface area contributed by atoms with Gasteiger partial charge in [0.1, 0.15) is 6.10 Å². The Morgan fingerprint density at radius 1 is 1.04 bits per heavy atom. The summed E-state index contributed by atoms with van der Waals surface area (Å²) in [7, 11) is 0. The molecule has 0 aromatic heterocycles. The molecule has 0 saturated carbocycles. The van der Waals surface area contributed by atoms with E-state index in [1.165, 1.54) is 24.2 Å². The van der Waals surface area contributed by atoms with Crippen molar-refractivity contribution in [3.05, 3.63) is 30.3 Å². The molecule has 1 aromatic carbocycles. The number of hydrogen-bond donors (Lipinski definition) is 1. The number of rotatable bonds is 12. The third kappa shape index (κ3) is 6.04. The van der Waals surface area contributed by atoms with E-state index in [0.29, 0.717) is 12.2 Å². The molecular formula is C21H31NO4. The van der Waals surface area contributed by atoms with Crippen LogP contribution in [0.25, 0.3) is 0 Å². The highest BCUT2D eigenvalue weighted by Crippen LogP contribution is 2.31. The Labute approximate surface area is 156 Å². The number of para-hydroxylation sites is 1. The minimum Gasteiger partial charge on any atom is -0.465 e. The van der Waals surface area contributed by atoms with Crippen LogP contribution in [0.5, 0.6) is 0 Å². The van der Waals surface area contributed by atoms with E-state index in [-0.39, 0.29) is 18.0 Å². The average Bonchev–Trinajstić information content (AvgIpc) is 2.63. The Hall–Kier alpha value is -2.04. The van der Waals surface area contributed by atoms with Crippen LogP contribution in [0.2, 0.25) is 0 Å². The molecule has 0 spiro atoms. The standard InChI is InChI=1S/C21H31NO4/c1-2-3-4-9-14-18-19(26-20(18)23)15-10-6-11-16-22(21(24)25)17-12-7-5-8-13-17/h5,7-8,12-13,18-19H,2-4,6,9-11,14-16H2,1H3,(H,24,25). The van der Waals surface area contributed by atoms with E-state index in [2.05, 4.69) is 6.92 Å². The number of unbranched alkanes of at least 4 members (excludes halogenated alkanes) is 5. The van der Waals surface area contributed by atoms with Gasteiger partial charge in [0.15, 0.2) is 0 Å². The van der Waals surface area contributed by atoms with E-state index >= 15 is 0 Å². The highest BCUT2D eigenvalue weighted by molar-refractivity contribution is 5.85. The molecule has 2 atom stereocenters. The molecule has 2 unspecified atom stereocenters. The highest BCUT2D eigenvalue weighted by Gasteiger charge is 2.40. The summed E-state index contributed by atoms with van der Waals surface area (Å²) in [5.41, 5.74) is 0.708. The minimum absolute atomic E-state index is 0.0346. The van der Waals surface area contributed by atoms with Gasteiger partial charge in [-0.15, -0.1) is 0 Å². The number of benzene rings is 1. The number of nitrogens with zero attached hydrogens (tertiary/aromatic N) is 1. The fraction of sp³-hybridized carbons (Fsp3) is 0.619. The summed E-state index contributed by atoms with van der Waals surface area (Å²) >= 11 is 0. The number of carboxylic acid groups (broad SMARTS) is 1. The maximum atomic E-state index is 11.6. The molecule has 1 amide bonds. The fourth-order valence-electron chi connectivity index (χ4n) is 3.49. The molecule has 1 fully saturated rings. The largest absolute Gasteiger partial charge is 0.465 e. The zero-order valence-electron chi connectivity index (χ0n) is 15.7. The van der Waals surface area contributed by atoms with Crippen molar-refractivity contribution >= 4 is 17.7 Å². The van der Waals surface area contributed by atoms with Crippen molar-refractivity contribution in [1.82, 2.24) is 0 Å². The van der Waals surface area contributed by atoms with Crippen LogP contribution in [0.4, 0.5) is 10.5 Å². The van der Waals surface area contributed by atoms with Gasteiger partial charge in [0.2, 0.25) is 0 Å². The van der Waals surface area contributed by atoms with E-state index in [1.807, 2.05) is 30.3 Å². The first-order valence-corrected chi connectivity index (χ1v) is 9.89. The van der Waals surface area contributed by atoms with Crippen LogP contribution in [0.15, 0.2) is 30.3 Å². The number of cyclic esters (lactones) is 1. The second-order valence-electron chi connectivity index (χ2n) is 7.05. The first-order chi connectivity index (χ1) is 12.6. The van der Waals surface area contributed by atoms with Gasteiger partial charge in [-0.25, -0.2) is 4.79 Å². The van der Waals surface area contributed by atoms with Crippen molar-refractivity contribution in [2.24, 2.45) is 5.92 Å². The van der Waals surface area contributed by atoms with Crippen molar-refractivity contribution in [1.29, 1.82) is 0 Å². The third-order valence-corrected chi connectivity index (χ3v) is 5.06. The van der Waals surface area contributed by atoms with Gasteiger partial charge >= 0.3 is 12.1 Å². The number of carbonyl (C=O) groups excluding carboxylic acids is 1. The lowest BCUT2D eigenvalue weighted by Crippen LogP contribution is -2.44. The number of esters is 1. The SMILES string of the molecule is CCCCCCC1C(=O)OC1CCCCCN(C(=O)O)c1ccccc1. The van der Waals surface area contributed by atoms with Crippen LogP contribution in [0.1, 0.15) is 64.7 Å². The van der Waals surface area contributed by atoms with E-state index in [9.17, 15) is 14.7 Å². The van der Waals surface area contributed by atoms with Gasteiger partial charge < -0.3 is 9.84 Å². The second-order valence-corrected chi connectivity index (χ2v) is 7.05. The topological polar surface area (TPSA) is 66.8 Å². The second kappa shape index (κ2) is 10.8. The van der Waals surface area contributed by atoms with Crippen molar-refractivity contribution < 1.29 is 19.4 Å². The van der Waals surface area contributed by atoms with Crippen molar-refractivity contribution in [3.63, 3.8) is 0 Å². The van der Waals surface area contributed by atoms with Gasteiger partial charge in [0, 0.05) is 12.2 Å². The Morgan fingerprint density at radius 3 is 2.38 bits per heavy atom. The third-order valence-electron chi connectivity index (χ3n) is 5.06. The van der Waals surface area contributed by atoms with E-state index < -0.39 is 6.09 Å². The molecule has 1 N–H and O–H groups in total. The Morgan fingerprint density at radius 2 is 1.73 bits per heavy atom. The van der Waals surface area contributed by atoms with Gasteiger partial charge in [0.05, 0.1) is 5.92 Å². The zero-order chi connectivity index (χ0) is 18.8. The van der Waals surface area contributed by atoms with Crippen LogP contribution >= 0.6 is 0 Å². The van der Waals surface area contributed by atoms with Crippen LogP contribution in [0, 0.1) is 5.92 Å². The quantitative estimate of drug-likeness (QED) is 0.408. The molecule has 1 heterocycles. The van der Waals surface area contributed by atoms with Gasteiger partial charge in [-0.2, -0.15) is 0 Å². The molecule has 0 bridgehead atoms. The van der Waals surface area contributed by atoms with E-state index in [4.69, 9.17) is 4.74 Å². The molecule has 2 rings (SSSR count). The maximum Gasteiger partial charge on any atom is 0.411 e. The summed E-state index contributed by atoms with van der Waals surface area (Å²) in [6.07, 6.45) is 8.44. The van der Waals surface area contributed by atoms with Gasteiger partial charge in [-0.05, 0) is 37.8 Å². The Bertz CT molecular complexity index is 560. The van der Waals surface area contributed by atoms with Crippen molar-refractivity contribution in [2.45, 2.75) is 70.8 Å². The Balaban J connectivity index is 1.63. The number of hydrogen-bond acceptors (Lipinski definition) is 3. The van der Waals surface area contributed by atoms with Crippen molar-refractivity contribution in [2.75, 3.05) is 11.4 Å². The molecule has 26 heavy (non-hydrogen) atoms. The van der Waals surface area contributed by atoms with E-state index in [1.54, 1.807) is 0 Å². The normalized spacial score (nSPS) is 18.9. The zero-order valence-corrected chi connectivity index (χ0v) is 15.7. The summed E-state index contributed by atoms with van der Waals surface area (Å²) in [4.78, 5) is 24.4. The summed E-state index contributed by atoms with van der Waals surface area (Å²) < 4.78 is 5.30. The minimum atomic E-state index is -0.920. The molecule has 5 heteroatoms. The van der Waals surface area contributed by atoms with Crippen molar-refractivity contribution in [3.8, 4) is 0 Å². The molecule has 144 valence electrons. The monoisotopic (exact) mass is 361 g/mol. The van der Waals surface area contributed by atoms with Gasteiger partial charge in [-0.3, -0.25) is 9.69 Å². The van der Waals surface area contributed by atoms with Crippen LogP contribution < -0.4 is 4.90 Å². The highest BCUT2D eigenvalue weighted by atomic mass is 16.6. The number of ether oxygens (including phenoxy) is 1. The first-order valence-electron chi connectivity index (χ1n) is 9.89. The summed E-state index contributed by atoms with van der Waals surface area (Å²) in [5, 5.41) is 9.37. The fourth-order valence-corrected chi connectivity index (χ4v) is 3.49. The number of amides is 1. The lowest BCUT2D eigenvalue weighted by Gasteiger charge is -2.35. The van der Waals surface area contributed by atoms with E-state index in [0.717, 1.165) is 38.5 Å². The average molecular weight is 361 g/mol. The Kier molecular flexibility index (Phi) is 8.45. The van der Waals surface area contributed by atoms with Crippen LogP contribution in [-0.4, -0.2) is 29.8 Å². The lowest BCUT2D eigenvalue weighted by atomic mass is 9.87. The lowest BCUT2D eigenvalue weighted by molar-refractivity contribution is -0.186. The number of anilines is 1. The summed E-state index contributed by atoms with van der Waals surface area (Å²) in [6.45, 7) is 2.67. The van der Waals surface area contributed by atoms with Gasteiger partial charge in [0.25, 0.3) is 0 Å². The van der Waals surface area contributed by atoms with Crippen LogP contribution in [-0.2, 0) is 9.53 Å². The predicted octanol–water partition coefficient (Wildman–Crippen LogP) is 5.24. The van der Waals surface area contributed by atoms with Gasteiger partial charge in [-0.1, -0.05) is 57.2 Å². The molecule has 0 aliphatic carbocycles. The molecule has 0 radical (unpaired) electrons. The smallest absolute Gasteiger partial charge is 0.411 e. The molecule has 1 aliphatic rings. The summed E-state index contributed by atoms with van der Waals surface area (Å²) in [6, 6.07) is 9.19. The number of carbonyl (C=O) groups is 2. The van der Waals surface area contributed by atoms with Crippen LogP contribution in [0.3, 0.4) is 0 Å². The molecule has 1 aliphatic heterocycles. The molecule has 5 nitrogen and oxygen atoms in total. The molecule has 1 aromatic rings. The maximum absolute atomic E-state index is 11.6. The first kappa shape index (κ1) is 20.3. The molecular weight excluding hydrogens is 330 g/mol. The molecule has 1 saturated heterocycles. The predicted molar refractivity (Wildman–Crippen MR) is 102 cm³/mol. The summed E-state index contributed by atoms with van der Waals surface area (Å²) in [5.74, 6) is 0.0549.